The molecule has 2 amide bonds. The summed E-state index contributed by atoms with van der Waals surface area (Å²) in [5, 5.41) is 11.7. The lowest BCUT2D eigenvalue weighted by atomic mass is 10.00. The van der Waals surface area contributed by atoms with Gasteiger partial charge in [0.1, 0.15) is 17.2 Å². The van der Waals surface area contributed by atoms with E-state index in [2.05, 4.69) is 10.3 Å². The Morgan fingerprint density at radius 2 is 1.91 bits per heavy atom. The van der Waals surface area contributed by atoms with E-state index >= 15 is 0 Å². The zero-order chi connectivity index (χ0) is 24.0. The highest BCUT2D eigenvalue weighted by Gasteiger charge is 2.29. The predicted octanol–water partition coefficient (Wildman–Crippen LogP) is 1.34. The molecule has 1 aromatic carbocycles. The van der Waals surface area contributed by atoms with Crippen molar-refractivity contribution in [3.05, 3.63) is 69.9 Å². The summed E-state index contributed by atoms with van der Waals surface area (Å²) in [7, 11) is 4.47. The van der Waals surface area contributed by atoms with Crippen LogP contribution in [0.4, 0.5) is 10.2 Å². The number of nitrogens with two attached hydrogens (primary N) is 1. The molecule has 10 heteroatoms. The van der Waals surface area contributed by atoms with E-state index in [1.807, 2.05) is 6.07 Å². The molecule has 0 fully saturated rings. The molecule has 3 N–H and O–H groups in total. The number of amides is 2. The van der Waals surface area contributed by atoms with Crippen molar-refractivity contribution in [3.63, 3.8) is 0 Å². The molecule has 0 unspecified atom stereocenters. The van der Waals surface area contributed by atoms with Gasteiger partial charge in [0.15, 0.2) is 0 Å². The molecule has 0 radical (unpaired) electrons. The number of nitriles is 1. The van der Waals surface area contributed by atoms with Crippen LogP contribution in [0.1, 0.15) is 27.0 Å². The Bertz CT molecular complexity index is 1120. The molecule has 0 bridgehead atoms. The van der Waals surface area contributed by atoms with E-state index in [9.17, 15) is 24.0 Å². The number of anilines is 1. The summed E-state index contributed by atoms with van der Waals surface area (Å²) >= 11 is 0. The Kier molecular flexibility index (Phi) is 7.63. The first kappa shape index (κ1) is 24.0. The van der Waals surface area contributed by atoms with E-state index in [0.717, 1.165) is 11.0 Å². The third-order valence-electron chi connectivity index (χ3n) is 4.44. The summed E-state index contributed by atoms with van der Waals surface area (Å²) in [5.41, 5.74) is 6.55. The number of likely N-dealkylation sites (N-methyl/N-ethyl adjacent to an activating group) is 2. The van der Waals surface area contributed by atoms with Gasteiger partial charge in [-0.15, -0.1) is 0 Å². The Morgan fingerprint density at radius 3 is 2.44 bits per heavy atom. The SMILES string of the molecule is CNC(=O)/C(=C(/C(=O)c1cc(C)cc(C#N)c1)N(C=O)Cc1cc(N)nc(F)c1)N(C)C. The highest BCUT2D eigenvalue weighted by Crippen LogP contribution is 2.22. The van der Waals surface area contributed by atoms with Gasteiger partial charge in [0.2, 0.25) is 18.1 Å². The van der Waals surface area contributed by atoms with Crippen molar-refractivity contribution in [1.82, 2.24) is 20.1 Å². The van der Waals surface area contributed by atoms with Crippen molar-refractivity contribution in [3.8, 4) is 6.07 Å². The third-order valence-corrected chi connectivity index (χ3v) is 4.44. The van der Waals surface area contributed by atoms with Crippen molar-refractivity contribution in [1.29, 1.82) is 5.26 Å². The number of Topliss-reactive ketones (excluding diaryl/α,β-unsaturated/α-hetero) is 1. The number of rotatable bonds is 8. The van der Waals surface area contributed by atoms with Gasteiger partial charge in [-0.25, -0.2) is 4.98 Å². The summed E-state index contributed by atoms with van der Waals surface area (Å²) in [4.78, 5) is 44.1. The van der Waals surface area contributed by atoms with Crippen LogP contribution in [0, 0.1) is 24.2 Å². The van der Waals surface area contributed by atoms with Crippen LogP contribution in [-0.2, 0) is 16.1 Å². The molecular formula is C22H23FN6O3. The number of ketones is 1. The number of hydrogen-bond acceptors (Lipinski definition) is 7. The molecular weight excluding hydrogens is 415 g/mol. The molecule has 0 aliphatic heterocycles. The highest BCUT2D eigenvalue weighted by molar-refractivity contribution is 6.14. The molecule has 1 aromatic heterocycles. The van der Waals surface area contributed by atoms with Gasteiger partial charge in [-0.1, -0.05) is 0 Å². The van der Waals surface area contributed by atoms with Gasteiger partial charge in [0.05, 0.1) is 18.2 Å². The zero-order valence-electron chi connectivity index (χ0n) is 18.1. The minimum absolute atomic E-state index is 0.0906. The summed E-state index contributed by atoms with van der Waals surface area (Å²) in [6.07, 6.45) is 0.370. The van der Waals surface area contributed by atoms with Crippen LogP contribution >= 0.6 is 0 Å². The van der Waals surface area contributed by atoms with Crippen LogP contribution in [0.15, 0.2) is 41.7 Å². The summed E-state index contributed by atoms with van der Waals surface area (Å²) in [6.45, 7) is 1.46. The number of carbonyl (C=O) groups is 3. The Balaban J connectivity index is 2.73. The Hall–Kier alpha value is -4.26. The summed E-state index contributed by atoms with van der Waals surface area (Å²) < 4.78 is 13.7. The molecule has 2 rings (SSSR count). The second kappa shape index (κ2) is 10.2. The largest absolute Gasteiger partial charge is 0.384 e. The van der Waals surface area contributed by atoms with Gasteiger partial charge in [-0.3, -0.25) is 14.4 Å². The Morgan fingerprint density at radius 1 is 1.22 bits per heavy atom. The summed E-state index contributed by atoms with van der Waals surface area (Å²) in [5.74, 6) is -2.22. The molecule has 166 valence electrons. The lowest BCUT2D eigenvalue weighted by Crippen LogP contribution is -2.37. The molecule has 0 atom stereocenters. The van der Waals surface area contributed by atoms with E-state index in [-0.39, 0.29) is 40.4 Å². The van der Waals surface area contributed by atoms with Crippen LogP contribution in [0.3, 0.4) is 0 Å². The highest BCUT2D eigenvalue weighted by atomic mass is 19.1. The van der Waals surface area contributed by atoms with Gasteiger partial charge in [-0.2, -0.15) is 9.65 Å². The molecule has 0 aliphatic carbocycles. The number of benzene rings is 1. The number of aryl methyl sites for hydroxylation is 1. The Labute approximate surface area is 184 Å². The van der Waals surface area contributed by atoms with Gasteiger partial charge in [0, 0.05) is 26.7 Å². The smallest absolute Gasteiger partial charge is 0.269 e. The van der Waals surface area contributed by atoms with Crippen molar-refractivity contribution in [2.45, 2.75) is 13.5 Å². The molecule has 0 saturated heterocycles. The van der Waals surface area contributed by atoms with Gasteiger partial charge >= 0.3 is 0 Å². The second-order valence-electron chi connectivity index (χ2n) is 7.16. The summed E-state index contributed by atoms with van der Waals surface area (Å²) in [6, 6.07) is 8.94. The molecule has 0 spiro atoms. The molecule has 9 nitrogen and oxygen atoms in total. The van der Waals surface area contributed by atoms with Crippen LogP contribution in [0.25, 0.3) is 0 Å². The van der Waals surface area contributed by atoms with E-state index in [0.29, 0.717) is 12.0 Å². The quantitative estimate of drug-likeness (QED) is 0.275. The van der Waals surface area contributed by atoms with E-state index in [1.54, 1.807) is 33.2 Å². The van der Waals surface area contributed by atoms with Gasteiger partial charge in [0.25, 0.3) is 5.91 Å². The van der Waals surface area contributed by atoms with E-state index < -0.39 is 17.6 Å². The fourth-order valence-corrected chi connectivity index (χ4v) is 3.16. The average Bonchev–Trinajstić information content (AvgIpc) is 2.73. The predicted molar refractivity (Wildman–Crippen MR) is 115 cm³/mol. The van der Waals surface area contributed by atoms with Crippen LogP contribution in [0.2, 0.25) is 0 Å². The fourth-order valence-electron chi connectivity index (χ4n) is 3.16. The van der Waals surface area contributed by atoms with E-state index in [4.69, 9.17) is 5.73 Å². The maximum Gasteiger partial charge on any atom is 0.269 e. The number of nitrogen functional groups attached to an aromatic ring is 1. The topological polar surface area (TPSA) is 132 Å². The first-order valence-electron chi connectivity index (χ1n) is 9.45. The lowest BCUT2D eigenvalue weighted by Gasteiger charge is -2.26. The van der Waals surface area contributed by atoms with Crippen molar-refractivity contribution >= 4 is 23.9 Å². The van der Waals surface area contributed by atoms with E-state index in [1.165, 1.54) is 24.1 Å². The number of allylic oxidation sites excluding steroid dienone is 1. The number of aromatic nitrogens is 1. The number of pyridine rings is 1. The molecule has 2 aromatic rings. The second-order valence-corrected chi connectivity index (χ2v) is 7.16. The van der Waals surface area contributed by atoms with Gasteiger partial charge < -0.3 is 20.9 Å². The minimum atomic E-state index is -0.848. The van der Waals surface area contributed by atoms with Crippen molar-refractivity contribution in [2.24, 2.45) is 0 Å². The monoisotopic (exact) mass is 438 g/mol. The van der Waals surface area contributed by atoms with Crippen molar-refractivity contribution < 1.29 is 18.8 Å². The number of nitrogens with zero attached hydrogens (tertiary/aromatic N) is 4. The number of hydrogen-bond donors (Lipinski definition) is 2. The molecule has 32 heavy (non-hydrogen) atoms. The normalized spacial score (nSPS) is 11.1. The van der Waals surface area contributed by atoms with Crippen LogP contribution in [0.5, 0.6) is 0 Å². The molecule has 0 saturated carbocycles. The molecule has 0 aliphatic rings. The van der Waals surface area contributed by atoms with Crippen LogP contribution in [-0.4, -0.2) is 54.0 Å². The molecule has 1 heterocycles. The number of halogens is 1. The van der Waals surface area contributed by atoms with Crippen molar-refractivity contribution in [2.75, 3.05) is 26.9 Å². The fraction of sp³-hybridized carbons (Fsp3) is 0.227. The maximum atomic E-state index is 13.7. The standard InChI is InChI=1S/C22H23FN6O3/c1-13-5-14(10-24)7-16(6-13)21(31)19(20(28(3)4)22(32)26-2)29(12-30)11-15-8-17(23)27-18(25)9-15/h5-9,12H,11H2,1-4H3,(H2,25,27)(H,26,32)/b20-19+. The first-order valence-corrected chi connectivity index (χ1v) is 9.45. The number of carbonyl (C=O) groups excluding carboxylic acids is 3. The van der Waals surface area contributed by atoms with Crippen LogP contribution < -0.4 is 11.1 Å². The minimum Gasteiger partial charge on any atom is -0.384 e. The number of nitrogens with one attached hydrogen (secondary N) is 1. The lowest BCUT2D eigenvalue weighted by molar-refractivity contribution is -0.118. The maximum absolute atomic E-state index is 13.7. The van der Waals surface area contributed by atoms with Gasteiger partial charge in [-0.05, 0) is 48.4 Å². The zero-order valence-corrected chi connectivity index (χ0v) is 18.1. The first-order chi connectivity index (χ1) is 15.1. The third kappa shape index (κ3) is 5.46. The average molecular weight is 438 g/mol.